The van der Waals surface area contributed by atoms with Crippen LogP contribution >= 0.6 is 0 Å². The quantitative estimate of drug-likeness (QED) is 0.806. The zero-order valence-electron chi connectivity index (χ0n) is 12.2. The molecule has 0 aliphatic carbocycles. The molecule has 3 rings (SSSR count). The Labute approximate surface area is 127 Å². The summed E-state index contributed by atoms with van der Waals surface area (Å²) in [6.07, 6.45) is 2.28. The molecule has 2 heterocycles. The first-order valence-electron chi connectivity index (χ1n) is 7.01. The lowest BCUT2D eigenvalue weighted by atomic mass is 9.82. The maximum absolute atomic E-state index is 12.5. The molecule has 0 spiro atoms. The Morgan fingerprint density at radius 3 is 2.55 bits per heavy atom. The fraction of sp³-hybridized carbons (Fsp3) is 0.375. The van der Waals surface area contributed by atoms with Crippen LogP contribution in [0.4, 0.5) is 5.69 Å². The molecule has 0 radical (unpaired) electrons. The maximum Gasteiger partial charge on any atom is 0.231 e. The van der Waals surface area contributed by atoms with Gasteiger partial charge in [-0.15, -0.1) is 0 Å². The molecular formula is C16H16NO5-. The highest BCUT2D eigenvalue weighted by atomic mass is 16.5. The van der Waals surface area contributed by atoms with Crippen LogP contribution in [0.2, 0.25) is 0 Å². The van der Waals surface area contributed by atoms with Crippen molar-refractivity contribution in [1.29, 1.82) is 0 Å². The Bertz CT molecular complexity index is 654. The van der Waals surface area contributed by atoms with E-state index in [0.717, 1.165) is 5.56 Å². The van der Waals surface area contributed by atoms with E-state index in [1.165, 1.54) is 7.11 Å². The van der Waals surface area contributed by atoms with Crippen LogP contribution in [-0.2, 0) is 14.3 Å². The third-order valence-electron chi connectivity index (χ3n) is 4.09. The average Bonchev–Trinajstić information content (AvgIpc) is 3.08. The third-order valence-corrected chi connectivity index (χ3v) is 4.09. The molecule has 1 fully saturated rings. The van der Waals surface area contributed by atoms with Crippen molar-refractivity contribution < 1.29 is 24.2 Å². The van der Waals surface area contributed by atoms with Gasteiger partial charge in [0, 0.05) is 11.9 Å². The number of fused-ring (bicyclic) bond motifs is 2. The Morgan fingerprint density at radius 1 is 1.23 bits per heavy atom. The van der Waals surface area contributed by atoms with Gasteiger partial charge in [-0.1, -0.05) is 18.2 Å². The molecule has 22 heavy (non-hydrogen) atoms. The zero-order chi connectivity index (χ0) is 15.9. The normalized spacial score (nSPS) is 28.6. The first-order valence-corrected chi connectivity index (χ1v) is 7.01. The number of anilines is 1. The lowest BCUT2D eigenvalue weighted by Gasteiger charge is -2.25. The first-order chi connectivity index (χ1) is 10.5. The summed E-state index contributed by atoms with van der Waals surface area (Å²) in [5, 5.41) is 14.1. The van der Waals surface area contributed by atoms with Crippen molar-refractivity contribution in [3.63, 3.8) is 0 Å². The molecule has 6 nitrogen and oxygen atoms in total. The van der Waals surface area contributed by atoms with Gasteiger partial charge in [0.2, 0.25) is 5.91 Å². The minimum Gasteiger partial charge on any atom is -0.550 e. The Kier molecular flexibility index (Phi) is 3.62. The molecule has 0 aromatic heterocycles. The summed E-state index contributed by atoms with van der Waals surface area (Å²) in [6.45, 7) is 1.89. The van der Waals surface area contributed by atoms with E-state index < -0.39 is 35.9 Å². The van der Waals surface area contributed by atoms with Crippen LogP contribution in [0.25, 0.3) is 0 Å². The van der Waals surface area contributed by atoms with E-state index in [9.17, 15) is 14.7 Å². The molecular weight excluding hydrogens is 286 g/mol. The molecule has 1 aromatic rings. The van der Waals surface area contributed by atoms with E-state index in [-0.39, 0.29) is 0 Å². The number of benzene rings is 1. The summed E-state index contributed by atoms with van der Waals surface area (Å²) in [5.74, 6) is -2.93. The predicted octanol–water partition coefficient (Wildman–Crippen LogP) is 0.262. The highest BCUT2D eigenvalue weighted by molar-refractivity contribution is 5.97. The number of rotatable bonds is 4. The van der Waals surface area contributed by atoms with Gasteiger partial charge in [-0.2, -0.15) is 0 Å². The largest absolute Gasteiger partial charge is 0.550 e. The van der Waals surface area contributed by atoms with E-state index >= 15 is 0 Å². The average molecular weight is 302 g/mol. The highest BCUT2D eigenvalue weighted by Gasteiger charge is 2.50. The molecule has 0 saturated carbocycles. The van der Waals surface area contributed by atoms with E-state index in [1.807, 2.05) is 13.0 Å². The number of ether oxygens (including phenoxy) is 2. The smallest absolute Gasteiger partial charge is 0.231 e. The second kappa shape index (κ2) is 5.46. The van der Waals surface area contributed by atoms with Gasteiger partial charge in [-0.3, -0.25) is 4.79 Å². The summed E-state index contributed by atoms with van der Waals surface area (Å²) in [7, 11) is 1.51. The van der Waals surface area contributed by atoms with Crippen LogP contribution in [-0.4, -0.2) is 31.2 Å². The second-order valence-electron chi connectivity index (χ2n) is 5.51. The number of carboxylic acid groups (broad SMARTS) is 1. The van der Waals surface area contributed by atoms with Crippen molar-refractivity contribution in [2.45, 2.75) is 19.1 Å². The minimum atomic E-state index is -1.27. The van der Waals surface area contributed by atoms with Gasteiger partial charge in [0.25, 0.3) is 0 Å². The number of carboxylic acids is 1. The fourth-order valence-corrected chi connectivity index (χ4v) is 3.04. The van der Waals surface area contributed by atoms with Gasteiger partial charge in [0.05, 0.1) is 30.9 Å². The summed E-state index contributed by atoms with van der Waals surface area (Å²) in [6, 6.07) is 5.38. The number of carbonyl (C=O) groups excluding carboxylic acids is 2. The molecule has 0 unspecified atom stereocenters. The van der Waals surface area contributed by atoms with Gasteiger partial charge in [0.15, 0.2) is 0 Å². The van der Waals surface area contributed by atoms with Crippen LogP contribution in [0.5, 0.6) is 5.75 Å². The number of carbonyl (C=O) groups is 2. The second-order valence-corrected chi connectivity index (χ2v) is 5.51. The number of aliphatic carboxylic acids is 1. The summed E-state index contributed by atoms with van der Waals surface area (Å²) >= 11 is 0. The van der Waals surface area contributed by atoms with Crippen molar-refractivity contribution in [1.82, 2.24) is 0 Å². The van der Waals surface area contributed by atoms with E-state index in [4.69, 9.17) is 9.47 Å². The van der Waals surface area contributed by atoms with Crippen LogP contribution in [0.3, 0.4) is 0 Å². The number of hydrogen-bond acceptors (Lipinski definition) is 5. The molecule has 2 aliphatic rings. The lowest BCUT2D eigenvalue weighted by molar-refractivity contribution is -0.313. The van der Waals surface area contributed by atoms with Gasteiger partial charge >= 0.3 is 0 Å². The Balaban J connectivity index is 1.84. The Morgan fingerprint density at radius 2 is 1.91 bits per heavy atom. The number of hydrogen-bond donors (Lipinski definition) is 1. The van der Waals surface area contributed by atoms with Crippen LogP contribution in [0.1, 0.15) is 5.56 Å². The molecule has 1 saturated heterocycles. The highest BCUT2D eigenvalue weighted by Crippen LogP contribution is 2.40. The van der Waals surface area contributed by atoms with Crippen molar-refractivity contribution >= 4 is 17.6 Å². The standard InChI is InChI=1S/C16H17NO5/c1-8-3-4-10(21-2)9(7-8)17-15(18)13-11-5-6-12(22-11)14(13)16(19)20/h3-7,11-14H,1-2H3,(H,17,18)(H,19,20)/p-1/t11-,12+,13-,14+/m1/s1. The molecule has 2 aliphatic heterocycles. The molecule has 6 heteroatoms. The van der Waals surface area contributed by atoms with Gasteiger partial charge in [0.1, 0.15) is 5.75 Å². The van der Waals surface area contributed by atoms with Crippen LogP contribution < -0.4 is 15.2 Å². The lowest BCUT2D eigenvalue weighted by Crippen LogP contribution is -2.45. The summed E-state index contributed by atoms with van der Waals surface area (Å²) in [5.41, 5.74) is 1.47. The Hall–Kier alpha value is -2.34. The van der Waals surface area contributed by atoms with Gasteiger partial charge < -0.3 is 24.7 Å². The monoisotopic (exact) mass is 302 g/mol. The topological polar surface area (TPSA) is 87.7 Å². The molecule has 4 atom stereocenters. The molecule has 1 aromatic carbocycles. The molecule has 1 N–H and O–H groups in total. The number of nitrogens with one attached hydrogen (secondary N) is 1. The van der Waals surface area contributed by atoms with Crippen molar-refractivity contribution in [2.24, 2.45) is 11.8 Å². The van der Waals surface area contributed by atoms with E-state index in [1.54, 1.807) is 24.3 Å². The van der Waals surface area contributed by atoms with Crippen LogP contribution in [0, 0.1) is 18.8 Å². The van der Waals surface area contributed by atoms with Gasteiger partial charge in [-0.25, -0.2) is 0 Å². The molecule has 116 valence electrons. The van der Waals surface area contributed by atoms with Crippen molar-refractivity contribution in [3.8, 4) is 5.75 Å². The van der Waals surface area contributed by atoms with Crippen LogP contribution in [0.15, 0.2) is 30.4 Å². The van der Waals surface area contributed by atoms with Crippen molar-refractivity contribution in [2.75, 3.05) is 12.4 Å². The number of methoxy groups -OCH3 is 1. The van der Waals surface area contributed by atoms with Crippen molar-refractivity contribution in [3.05, 3.63) is 35.9 Å². The van der Waals surface area contributed by atoms with Gasteiger partial charge in [-0.05, 0) is 24.6 Å². The fourth-order valence-electron chi connectivity index (χ4n) is 3.04. The predicted molar refractivity (Wildman–Crippen MR) is 76.1 cm³/mol. The third kappa shape index (κ3) is 2.35. The number of amides is 1. The number of aryl methyl sites for hydroxylation is 1. The maximum atomic E-state index is 12.5. The molecule has 2 bridgehead atoms. The van der Waals surface area contributed by atoms with E-state index in [2.05, 4.69) is 5.32 Å². The summed E-state index contributed by atoms with van der Waals surface area (Å²) < 4.78 is 10.7. The summed E-state index contributed by atoms with van der Waals surface area (Å²) in [4.78, 5) is 23.8. The SMILES string of the molecule is COc1ccc(C)cc1NC(=O)[C@H]1[C@@H](C(=O)[O-])[C@@H]2C=C[C@H]1O2. The first kappa shape index (κ1) is 14.6. The van der Waals surface area contributed by atoms with E-state index in [0.29, 0.717) is 11.4 Å². The molecule has 1 amide bonds. The zero-order valence-corrected chi connectivity index (χ0v) is 12.2. The minimum absolute atomic E-state index is 0.407.